The average molecular weight is 504 g/mol. The second kappa shape index (κ2) is 10.2. The Labute approximate surface area is 212 Å². The van der Waals surface area contributed by atoms with Crippen molar-refractivity contribution in [1.82, 2.24) is 14.5 Å². The molecule has 0 spiro atoms. The quantitative estimate of drug-likeness (QED) is 0.226. The summed E-state index contributed by atoms with van der Waals surface area (Å²) in [5.41, 5.74) is 1.20. The van der Waals surface area contributed by atoms with Crippen LogP contribution in [0.5, 0.6) is 11.5 Å². The summed E-state index contributed by atoms with van der Waals surface area (Å²) in [5, 5.41) is 11.3. The Morgan fingerprint density at radius 2 is 1.78 bits per heavy atom. The fourth-order valence-electron chi connectivity index (χ4n) is 4.57. The number of Topliss-reactive ketones (excluding diaryl/α,β-unsaturated/α-hetero) is 1. The van der Waals surface area contributed by atoms with E-state index >= 15 is 0 Å². The highest BCUT2D eigenvalue weighted by atomic mass is 16.6. The number of rotatable bonds is 7. The van der Waals surface area contributed by atoms with E-state index in [0.29, 0.717) is 54.4 Å². The molecule has 1 fully saturated rings. The van der Waals surface area contributed by atoms with Crippen LogP contribution in [-0.4, -0.2) is 64.1 Å². The molecule has 1 atom stereocenters. The topological polar surface area (TPSA) is 120 Å². The van der Waals surface area contributed by atoms with Crippen molar-refractivity contribution in [2.75, 3.05) is 26.9 Å². The SMILES string of the molecule is COC(=O)c1ccc([C@@H]2C(=C(O)c3ccc4c(c3)OCCO4)C(=O)C(=O)N2CCCn2ccnc2)cc1. The Kier molecular flexibility index (Phi) is 6.63. The van der Waals surface area contributed by atoms with Gasteiger partial charge in [0.25, 0.3) is 11.7 Å². The van der Waals surface area contributed by atoms with Crippen molar-refractivity contribution in [1.29, 1.82) is 0 Å². The predicted octanol–water partition coefficient (Wildman–Crippen LogP) is 2.95. The first-order valence-electron chi connectivity index (χ1n) is 11.8. The summed E-state index contributed by atoms with van der Waals surface area (Å²) in [6.07, 6.45) is 5.73. The fraction of sp³-hybridized carbons (Fsp3) is 0.259. The number of benzene rings is 2. The molecule has 10 heteroatoms. The molecule has 0 aliphatic carbocycles. The number of aliphatic hydroxyl groups is 1. The number of carbonyl (C=O) groups is 3. The molecule has 37 heavy (non-hydrogen) atoms. The van der Waals surface area contributed by atoms with Gasteiger partial charge in [-0.3, -0.25) is 9.59 Å². The lowest BCUT2D eigenvalue weighted by atomic mass is 9.94. The summed E-state index contributed by atoms with van der Waals surface area (Å²) in [5.74, 6) is -1.31. The molecular weight excluding hydrogens is 478 g/mol. The van der Waals surface area contributed by atoms with Crippen LogP contribution in [0.25, 0.3) is 5.76 Å². The van der Waals surface area contributed by atoms with Gasteiger partial charge in [-0.25, -0.2) is 9.78 Å². The molecule has 5 rings (SSSR count). The van der Waals surface area contributed by atoms with Gasteiger partial charge in [-0.05, 0) is 42.3 Å². The largest absolute Gasteiger partial charge is 0.507 e. The van der Waals surface area contributed by atoms with Crippen molar-refractivity contribution in [2.24, 2.45) is 0 Å². The maximum absolute atomic E-state index is 13.3. The molecule has 1 amide bonds. The second-order valence-corrected chi connectivity index (χ2v) is 8.62. The van der Waals surface area contributed by atoms with Crippen LogP contribution in [0.3, 0.4) is 0 Å². The van der Waals surface area contributed by atoms with E-state index in [9.17, 15) is 19.5 Å². The third-order valence-electron chi connectivity index (χ3n) is 6.38. The molecule has 0 bridgehead atoms. The fourth-order valence-corrected chi connectivity index (χ4v) is 4.57. The highest BCUT2D eigenvalue weighted by Crippen LogP contribution is 2.41. The van der Waals surface area contributed by atoms with Crippen molar-refractivity contribution in [3.63, 3.8) is 0 Å². The van der Waals surface area contributed by atoms with E-state index in [-0.39, 0.29) is 17.9 Å². The molecule has 1 saturated heterocycles. The predicted molar refractivity (Wildman–Crippen MR) is 131 cm³/mol. The van der Waals surface area contributed by atoms with Crippen LogP contribution in [0.2, 0.25) is 0 Å². The number of nitrogens with zero attached hydrogens (tertiary/aromatic N) is 3. The first kappa shape index (κ1) is 24.1. The summed E-state index contributed by atoms with van der Waals surface area (Å²) in [6.45, 7) is 1.65. The lowest BCUT2D eigenvalue weighted by molar-refractivity contribution is -0.139. The summed E-state index contributed by atoms with van der Waals surface area (Å²) in [6, 6.07) is 10.5. The number of methoxy groups -OCH3 is 1. The Balaban J connectivity index is 1.53. The molecule has 1 aromatic heterocycles. The third kappa shape index (κ3) is 4.65. The maximum Gasteiger partial charge on any atom is 0.337 e. The number of ketones is 1. The Morgan fingerprint density at radius 3 is 2.49 bits per heavy atom. The van der Waals surface area contributed by atoms with Crippen molar-refractivity contribution >= 4 is 23.4 Å². The highest BCUT2D eigenvalue weighted by Gasteiger charge is 2.45. The number of hydrogen-bond acceptors (Lipinski definition) is 8. The first-order valence-corrected chi connectivity index (χ1v) is 11.8. The summed E-state index contributed by atoms with van der Waals surface area (Å²) >= 11 is 0. The zero-order valence-corrected chi connectivity index (χ0v) is 20.1. The van der Waals surface area contributed by atoms with Crippen LogP contribution in [0.1, 0.15) is 33.9 Å². The lowest BCUT2D eigenvalue weighted by Gasteiger charge is -2.25. The van der Waals surface area contributed by atoms with Crippen LogP contribution in [-0.2, 0) is 20.9 Å². The number of hydrogen-bond donors (Lipinski definition) is 1. The standard InChI is InChI=1S/C27H25N3O7/c1-35-27(34)18-5-3-17(4-6-18)23-22(24(31)19-7-8-20-21(15-19)37-14-13-36-20)25(32)26(33)30(23)11-2-10-29-12-9-28-16-29/h3-9,12,15-16,23,31H,2,10-11,13-14H2,1H3/t23-/m1/s1. The van der Waals surface area contributed by atoms with Gasteiger partial charge in [-0.15, -0.1) is 0 Å². The zero-order valence-electron chi connectivity index (χ0n) is 20.1. The molecule has 190 valence electrons. The maximum atomic E-state index is 13.3. The number of aryl methyl sites for hydroxylation is 1. The number of ether oxygens (including phenoxy) is 3. The Morgan fingerprint density at radius 1 is 1.05 bits per heavy atom. The van der Waals surface area contributed by atoms with Gasteiger partial charge in [0, 0.05) is 31.0 Å². The minimum Gasteiger partial charge on any atom is -0.507 e. The number of imidazole rings is 1. The summed E-state index contributed by atoms with van der Waals surface area (Å²) < 4.78 is 17.8. The van der Waals surface area contributed by atoms with Crippen LogP contribution >= 0.6 is 0 Å². The minimum atomic E-state index is -0.845. The molecule has 3 aromatic rings. The number of aliphatic hydroxyl groups excluding tert-OH is 1. The van der Waals surface area contributed by atoms with Crippen molar-refractivity contribution < 1.29 is 33.7 Å². The molecule has 2 aromatic carbocycles. The number of aromatic nitrogens is 2. The van der Waals surface area contributed by atoms with E-state index in [0.717, 1.165) is 0 Å². The van der Waals surface area contributed by atoms with Crippen LogP contribution in [0, 0.1) is 0 Å². The van der Waals surface area contributed by atoms with Gasteiger partial charge in [0.15, 0.2) is 11.5 Å². The van der Waals surface area contributed by atoms with Crippen molar-refractivity contribution in [3.05, 3.63) is 83.4 Å². The van der Waals surface area contributed by atoms with E-state index in [1.165, 1.54) is 12.0 Å². The third-order valence-corrected chi connectivity index (χ3v) is 6.38. The molecule has 1 N–H and O–H groups in total. The zero-order chi connectivity index (χ0) is 25.9. The van der Waals surface area contributed by atoms with Gasteiger partial charge in [-0.1, -0.05) is 12.1 Å². The number of likely N-dealkylation sites (tertiary alicyclic amines) is 1. The van der Waals surface area contributed by atoms with E-state index in [2.05, 4.69) is 4.98 Å². The van der Waals surface area contributed by atoms with E-state index < -0.39 is 23.7 Å². The number of amides is 1. The van der Waals surface area contributed by atoms with Crippen LogP contribution in [0.4, 0.5) is 0 Å². The Bertz CT molecular complexity index is 1360. The Hall–Kier alpha value is -4.60. The normalized spacial score (nSPS) is 18.2. The molecule has 2 aliphatic rings. The molecule has 0 unspecified atom stereocenters. The number of esters is 1. The molecule has 0 saturated carbocycles. The molecule has 2 aliphatic heterocycles. The first-order chi connectivity index (χ1) is 18.0. The number of carbonyl (C=O) groups excluding carboxylic acids is 3. The van der Waals surface area contributed by atoms with Crippen LogP contribution < -0.4 is 9.47 Å². The molecule has 10 nitrogen and oxygen atoms in total. The van der Waals surface area contributed by atoms with E-state index in [1.807, 2.05) is 10.8 Å². The molecule has 0 radical (unpaired) electrons. The second-order valence-electron chi connectivity index (χ2n) is 8.62. The van der Waals surface area contributed by atoms with Crippen molar-refractivity contribution in [3.8, 4) is 11.5 Å². The highest BCUT2D eigenvalue weighted by molar-refractivity contribution is 6.46. The monoisotopic (exact) mass is 503 g/mol. The average Bonchev–Trinajstić information content (AvgIpc) is 3.54. The smallest absolute Gasteiger partial charge is 0.337 e. The van der Waals surface area contributed by atoms with E-state index in [4.69, 9.17) is 14.2 Å². The van der Waals surface area contributed by atoms with Gasteiger partial charge in [-0.2, -0.15) is 0 Å². The van der Waals surface area contributed by atoms with Gasteiger partial charge < -0.3 is 28.8 Å². The number of fused-ring (bicyclic) bond motifs is 1. The van der Waals surface area contributed by atoms with Crippen molar-refractivity contribution in [2.45, 2.75) is 19.0 Å². The van der Waals surface area contributed by atoms with Gasteiger partial charge in [0.05, 0.1) is 30.6 Å². The lowest BCUT2D eigenvalue weighted by Crippen LogP contribution is -2.31. The molecule has 3 heterocycles. The van der Waals surface area contributed by atoms with E-state index in [1.54, 1.807) is 55.0 Å². The van der Waals surface area contributed by atoms with Gasteiger partial charge in [0.1, 0.15) is 19.0 Å². The summed E-state index contributed by atoms with van der Waals surface area (Å²) in [7, 11) is 1.29. The molecular formula is C27H25N3O7. The van der Waals surface area contributed by atoms with Gasteiger partial charge in [0.2, 0.25) is 0 Å². The van der Waals surface area contributed by atoms with Crippen LogP contribution in [0.15, 0.2) is 66.8 Å². The summed E-state index contributed by atoms with van der Waals surface area (Å²) in [4.78, 5) is 43.8. The van der Waals surface area contributed by atoms with Gasteiger partial charge >= 0.3 is 5.97 Å². The minimum absolute atomic E-state index is 0.0323.